The fraction of sp³-hybridized carbons (Fsp3) is 0.136. The van der Waals surface area contributed by atoms with E-state index in [0.29, 0.717) is 19.0 Å². The number of sulfonamides is 1. The van der Waals surface area contributed by atoms with Gasteiger partial charge in [0.05, 0.1) is 11.3 Å². The Morgan fingerprint density at radius 1 is 1.03 bits per heavy atom. The summed E-state index contributed by atoms with van der Waals surface area (Å²) in [6.07, 6.45) is 0.581. The van der Waals surface area contributed by atoms with E-state index in [1.807, 2.05) is 30.3 Å². The highest BCUT2D eigenvalue weighted by Crippen LogP contribution is 2.29. The molecule has 3 aromatic rings. The van der Waals surface area contributed by atoms with Crippen molar-refractivity contribution < 1.29 is 22.0 Å². The fourth-order valence-electron chi connectivity index (χ4n) is 2.99. The molecule has 0 spiro atoms. The molecule has 162 valence electrons. The quantitative estimate of drug-likeness (QED) is 0.563. The lowest BCUT2D eigenvalue weighted by Crippen LogP contribution is -2.32. The van der Waals surface area contributed by atoms with Crippen molar-refractivity contribution in [3.63, 3.8) is 0 Å². The lowest BCUT2D eigenvalue weighted by atomic mass is 10.1. The molecule has 0 radical (unpaired) electrons. The summed E-state index contributed by atoms with van der Waals surface area (Å²) in [6.45, 7) is 0.317. The van der Waals surface area contributed by atoms with Crippen LogP contribution in [0.3, 0.4) is 0 Å². The number of hydrogen-bond acceptors (Lipinski definition) is 3. The molecule has 0 bridgehead atoms. The number of halogens is 3. The van der Waals surface area contributed by atoms with E-state index in [-0.39, 0.29) is 16.3 Å². The van der Waals surface area contributed by atoms with Gasteiger partial charge in [0, 0.05) is 24.7 Å². The van der Waals surface area contributed by atoms with Crippen molar-refractivity contribution in [3.8, 4) is 0 Å². The number of rotatable bonds is 7. The Bertz CT molecular complexity index is 1200. The molecule has 1 N–H and O–H groups in total. The van der Waals surface area contributed by atoms with Gasteiger partial charge in [-0.2, -0.15) is 0 Å². The lowest BCUT2D eigenvalue weighted by Gasteiger charge is -2.22. The van der Waals surface area contributed by atoms with Gasteiger partial charge in [-0.1, -0.05) is 41.9 Å². The SMILES string of the molecule is CN(c1ccc(Cl)cc1C(=O)NCCc1ccccc1)S(=O)(=O)c1ccc(F)cc1F. The average molecular weight is 465 g/mol. The molecule has 0 fully saturated rings. The van der Waals surface area contributed by atoms with Gasteiger partial charge in [0.25, 0.3) is 15.9 Å². The molecule has 0 atom stereocenters. The maximum absolute atomic E-state index is 14.1. The molecule has 0 saturated carbocycles. The van der Waals surface area contributed by atoms with E-state index in [1.54, 1.807) is 0 Å². The van der Waals surface area contributed by atoms with Gasteiger partial charge in [-0.3, -0.25) is 9.10 Å². The first-order valence-corrected chi connectivity index (χ1v) is 11.1. The van der Waals surface area contributed by atoms with Crippen LogP contribution in [0.5, 0.6) is 0 Å². The van der Waals surface area contributed by atoms with Crippen molar-refractivity contribution >= 4 is 33.2 Å². The van der Waals surface area contributed by atoms with Crippen LogP contribution < -0.4 is 9.62 Å². The molecular weight excluding hydrogens is 446 g/mol. The first-order valence-electron chi connectivity index (χ1n) is 9.26. The van der Waals surface area contributed by atoms with E-state index in [9.17, 15) is 22.0 Å². The molecule has 0 aromatic heterocycles. The topological polar surface area (TPSA) is 66.5 Å². The third-order valence-electron chi connectivity index (χ3n) is 4.62. The van der Waals surface area contributed by atoms with Gasteiger partial charge in [-0.15, -0.1) is 0 Å². The van der Waals surface area contributed by atoms with Crippen molar-refractivity contribution in [2.75, 3.05) is 17.9 Å². The van der Waals surface area contributed by atoms with Crippen LogP contribution in [0.2, 0.25) is 5.02 Å². The average Bonchev–Trinajstić information content (AvgIpc) is 2.73. The predicted octanol–water partition coefficient (Wildman–Crippen LogP) is 4.42. The number of anilines is 1. The Morgan fingerprint density at radius 2 is 1.74 bits per heavy atom. The number of carbonyl (C=O) groups excluding carboxylic acids is 1. The van der Waals surface area contributed by atoms with Gasteiger partial charge in [0.1, 0.15) is 16.5 Å². The maximum atomic E-state index is 14.1. The predicted molar refractivity (Wildman–Crippen MR) is 116 cm³/mol. The molecule has 3 rings (SSSR count). The molecule has 9 heteroatoms. The largest absolute Gasteiger partial charge is 0.352 e. The monoisotopic (exact) mass is 464 g/mol. The van der Waals surface area contributed by atoms with E-state index in [4.69, 9.17) is 11.6 Å². The van der Waals surface area contributed by atoms with E-state index < -0.39 is 32.5 Å². The summed E-state index contributed by atoms with van der Waals surface area (Å²) in [6, 6.07) is 15.8. The second kappa shape index (κ2) is 9.45. The van der Waals surface area contributed by atoms with E-state index >= 15 is 0 Å². The molecule has 5 nitrogen and oxygen atoms in total. The van der Waals surface area contributed by atoms with E-state index in [1.165, 1.54) is 25.2 Å². The summed E-state index contributed by atoms with van der Waals surface area (Å²) in [5.74, 6) is -2.66. The van der Waals surface area contributed by atoms with Crippen molar-refractivity contribution in [2.45, 2.75) is 11.3 Å². The summed E-state index contributed by atoms with van der Waals surface area (Å²) in [5, 5.41) is 2.97. The molecule has 0 aliphatic carbocycles. The lowest BCUT2D eigenvalue weighted by molar-refractivity contribution is 0.0955. The van der Waals surface area contributed by atoms with Gasteiger partial charge in [0.15, 0.2) is 0 Å². The molecule has 0 aliphatic rings. The highest BCUT2D eigenvalue weighted by atomic mass is 35.5. The molecule has 1 amide bonds. The third-order valence-corrected chi connectivity index (χ3v) is 6.66. The summed E-state index contributed by atoms with van der Waals surface area (Å²) in [5.41, 5.74) is 1.04. The molecule has 3 aromatic carbocycles. The summed E-state index contributed by atoms with van der Waals surface area (Å²) < 4.78 is 53.9. The molecule has 31 heavy (non-hydrogen) atoms. The number of carbonyl (C=O) groups is 1. The second-order valence-corrected chi connectivity index (χ2v) is 9.07. The van der Waals surface area contributed by atoms with Crippen LogP contribution in [0, 0.1) is 11.6 Å². The molecular formula is C22H19ClF2N2O3S. The van der Waals surface area contributed by atoms with Gasteiger partial charge in [-0.05, 0) is 42.3 Å². The van der Waals surface area contributed by atoms with Crippen LogP contribution in [0.25, 0.3) is 0 Å². The Hall–Kier alpha value is -2.97. The molecule has 0 heterocycles. The van der Waals surface area contributed by atoms with E-state index in [0.717, 1.165) is 22.0 Å². The molecule has 0 saturated heterocycles. The fourth-order valence-corrected chi connectivity index (χ4v) is 4.42. The van der Waals surface area contributed by atoms with Gasteiger partial charge >= 0.3 is 0 Å². The Balaban J connectivity index is 1.87. The number of amides is 1. The second-order valence-electron chi connectivity index (χ2n) is 6.70. The number of nitrogens with zero attached hydrogens (tertiary/aromatic N) is 1. The van der Waals surface area contributed by atoms with Crippen LogP contribution in [0.1, 0.15) is 15.9 Å². The van der Waals surface area contributed by atoms with Crippen molar-refractivity contribution in [1.29, 1.82) is 0 Å². The van der Waals surface area contributed by atoms with Crippen LogP contribution >= 0.6 is 11.6 Å². The number of nitrogens with one attached hydrogen (secondary N) is 1. The zero-order valence-electron chi connectivity index (χ0n) is 16.5. The first kappa shape index (κ1) is 22.7. The summed E-state index contributed by atoms with van der Waals surface area (Å²) in [7, 11) is -3.22. The van der Waals surface area contributed by atoms with Crippen LogP contribution in [-0.4, -0.2) is 27.9 Å². The van der Waals surface area contributed by atoms with Gasteiger partial charge < -0.3 is 5.32 Å². The minimum atomic E-state index is -4.40. The van der Waals surface area contributed by atoms with Crippen molar-refractivity contribution in [2.24, 2.45) is 0 Å². The molecule has 0 aliphatic heterocycles. The first-order chi connectivity index (χ1) is 14.7. The van der Waals surface area contributed by atoms with Crippen molar-refractivity contribution in [1.82, 2.24) is 5.32 Å². The minimum Gasteiger partial charge on any atom is -0.352 e. The zero-order valence-corrected chi connectivity index (χ0v) is 18.1. The number of hydrogen-bond donors (Lipinski definition) is 1. The Labute approximate surface area is 184 Å². The van der Waals surface area contributed by atoms with Crippen LogP contribution in [0.4, 0.5) is 14.5 Å². The zero-order chi connectivity index (χ0) is 22.6. The molecule has 0 unspecified atom stereocenters. The Kier molecular flexibility index (Phi) is 6.92. The van der Waals surface area contributed by atoms with Crippen LogP contribution in [-0.2, 0) is 16.4 Å². The summed E-state index contributed by atoms with van der Waals surface area (Å²) in [4.78, 5) is 12.1. The Morgan fingerprint density at radius 3 is 2.42 bits per heavy atom. The highest BCUT2D eigenvalue weighted by molar-refractivity contribution is 7.92. The standard InChI is InChI=1S/C22H19ClF2N2O3S/c1-27(31(29,30)21-10-8-17(24)14-19(21)25)20-9-7-16(23)13-18(20)22(28)26-12-11-15-5-3-2-4-6-15/h2-10,13-14H,11-12H2,1H3,(H,26,28). The normalized spacial score (nSPS) is 11.2. The summed E-state index contributed by atoms with van der Waals surface area (Å²) >= 11 is 6.02. The highest BCUT2D eigenvalue weighted by Gasteiger charge is 2.28. The van der Waals surface area contributed by atoms with Crippen LogP contribution in [0.15, 0.2) is 71.6 Å². The van der Waals surface area contributed by atoms with E-state index in [2.05, 4.69) is 5.32 Å². The maximum Gasteiger partial charge on any atom is 0.267 e. The van der Waals surface area contributed by atoms with Gasteiger partial charge in [0.2, 0.25) is 0 Å². The minimum absolute atomic E-state index is 0.00494. The number of benzene rings is 3. The smallest absolute Gasteiger partial charge is 0.267 e. The van der Waals surface area contributed by atoms with Crippen molar-refractivity contribution in [3.05, 3.63) is 94.5 Å². The third kappa shape index (κ3) is 5.21. The van der Waals surface area contributed by atoms with Gasteiger partial charge in [-0.25, -0.2) is 17.2 Å².